The summed E-state index contributed by atoms with van der Waals surface area (Å²) in [6.07, 6.45) is -7.62. The van der Waals surface area contributed by atoms with E-state index in [2.05, 4.69) is 10.2 Å². The first-order chi connectivity index (χ1) is 22.5. The third-order valence-corrected chi connectivity index (χ3v) is 8.63. The molecule has 5 nitrogen and oxygen atoms in total. The fourth-order valence-electron chi connectivity index (χ4n) is 4.15. The molecule has 19 heteroatoms. The normalized spacial score (nSPS) is 13.9. The molecule has 4 aromatic rings. The predicted molar refractivity (Wildman–Crippen MR) is 150 cm³/mol. The van der Waals surface area contributed by atoms with E-state index < -0.39 is 49.9 Å². The van der Waals surface area contributed by atoms with E-state index in [0.717, 1.165) is 11.4 Å². The van der Waals surface area contributed by atoms with Crippen LogP contribution in [0.2, 0.25) is 0 Å². The van der Waals surface area contributed by atoms with Crippen molar-refractivity contribution in [3.05, 3.63) is 109 Å². The van der Waals surface area contributed by atoms with Gasteiger partial charge < -0.3 is 4.90 Å². The van der Waals surface area contributed by atoms with Gasteiger partial charge in [0, 0.05) is 17.1 Å². The van der Waals surface area contributed by atoms with Gasteiger partial charge in [-0.1, -0.05) is 36.4 Å². The van der Waals surface area contributed by atoms with Crippen molar-refractivity contribution in [3.8, 4) is 0 Å². The van der Waals surface area contributed by atoms with Gasteiger partial charge in [-0.25, -0.2) is 8.42 Å². The topological polar surface area (TPSA) is 62.1 Å². The van der Waals surface area contributed by atoms with Crippen LogP contribution in [0.25, 0.3) is 0 Å². The lowest BCUT2D eigenvalue weighted by atomic mass is 9.98. The average molecular weight is 732 g/mol. The van der Waals surface area contributed by atoms with E-state index in [1.807, 2.05) is 65.6 Å². The molecule has 0 saturated carbocycles. The Bertz CT molecular complexity index is 1850. The summed E-state index contributed by atoms with van der Waals surface area (Å²) in [5, 5.41) is 0.202. The molecule has 0 spiro atoms. The Morgan fingerprint density at radius 3 is 1.16 bits per heavy atom. The van der Waals surface area contributed by atoms with Crippen LogP contribution < -0.4 is 4.90 Å². The summed E-state index contributed by atoms with van der Waals surface area (Å²) in [5.41, 5.74) is 2.13. The van der Waals surface area contributed by atoms with Crippen molar-refractivity contribution in [1.82, 2.24) is 0 Å². The van der Waals surface area contributed by atoms with Crippen LogP contribution in [0.15, 0.2) is 124 Å². The maximum absolute atomic E-state index is 14.4. The van der Waals surface area contributed by atoms with E-state index in [0.29, 0.717) is 17.8 Å². The molecule has 4 aromatic carbocycles. The fraction of sp³-hybridized carbons (Fsp3) is 0.200. The monoisotopic (exact) mass is 731 g/mol. The number of hydrogen-bond donors (Lipinski definition) is 0. The van der Waals surface area contributed by atoms with Gasteiger partial charge in [0.05, 0.1) is 16.3 Å². The predicted octanol–water partition coefficient (Wildman–Crippen LogP) is 11.0. The largest absolute Gasteiger partial charge is 0.460 e. The molecule has 0 unspecified atom stereocenters. The number of halogens is 13. The van der Waals surface area contributed by atoms with Gasteiger partial charge in [0.2, 0.25) is 9.84 Å². The van der Waals surface area contributed by atoms with E-state index in [1.165, 1.54) is 12.1 Å². The summed E-state index contributed by atoms with van der Waals surface area (Å²) in [6.45, 7) is 0. The molecule has 0 N–H and O–H groups in total. The first-order valence-corrected chi connectivity index (χ1v) is 14.7. The van der Waals surface area contributed by atoms with Gasteiger partial charge in [-0.3, -0.25) is 0 Å². The van der Waals surface area contributed by atoms with Crippen LogP contribution in [-0.4, -0.2) is 43.5 Å². The average Bonchev–Trinajstić information content (AvgIpc) is 3.04. The number of nitrogens with zero attached hydrogens (tertiary/aromatic N) is 3. The number of sulfone groups is 1. The van der Waals surface area contributed by atoms with Crippen LogP contribution in [0.3, 0.4) is 0 Å². The Morgan fingerprint density at radius 1 is 0.429 bits per heavy atom. The Kier molecular flexibility index (Phi) is 9.59. The Labute approximate surface area is 268 Å². The second-order valence-electron chi connectivity index (χ2n) is 10.0. The second-order valence-corrected chi connectivity index (χ2v) is 12.0. The molecule has 0 radical (unpaired) electrons. The molecule has 0 aliphatic rings. The zero-order valence-electron chi connectivity index (χ0n) is 23.9. The molecule has 262 valence electrons. The molecular weight excluding hydrogens is 713 g/mol. The number of alkyl halides is 13. The van der Waals surface area contributed by atoms with Crippen molar-refractivity contribution in [1.29, 1.82) is 0 Å². The molecule has 0 bridgehead atoms. The van der Waals surface area contributed by atoms with Gasteiger partial charge in [0.1, 0.15) is 0 Å². The van der Waals surface area contributed by atoms with Crippen molar-refractivity contribution in [2.24, 2.45) is 10.2 Å². The molecular formula is C30H18F13N3O2S. The number of hydrogen-bond acceptors (Lipinski definition) is 5. The first kappa shape index (κ1) is 37.1. The molecule has 0 amide bonds. The molecule has 0 fully saturated rings. The van der Waals surface area contributed by atoms with E-state index in [1.54, 1.807) is 12.1 Å². The van der Waals surface area contributed by atoms with E-state index in [4.69, 9.17) is 0 Å². The standard InChI is InChI=1S/C30H18F13N3O2S/c31-25(32,27(35,36)29(39,40)41)26(33,34)28(37,38)30(42,43)49(47,48)24-17-13-20(14-18-24)45-44-19-11-15-23(16-12-19)46(21-7-3-1-4-8-21)22-9-5-2-6-10-22/h1-18H. The van der Waals surface area contributed by atoms with Crippen LogP contribution >= 0.6 is 0 Å². The highest BCUT2D eigenvalue weighted by atomic mass is 32.2. The van der Waals surface area contributed by atoms with Crippen molar-refractivity contribution in [2.45, 2.75) is 40.0 Å². The Balaban J connectivity index is 1.57. The van der Waals surface area contributed by atoms with Crippen molar-refractivity contribution in [2.75, 3.05) is 4.90 Å². The minimum atomic E-state index is -8.25. The van der Waals surface area contributed by atoms with E-state index >= 15 is 0 Å². The highest BCUT2D eigenvalue weighted by molar-refractivity contribution is 7.92. The number of anilines is 3. The van der Waals surface area contributed by atoms with E-state index in [9.17, 15) is 65.5 Å². The summed E-state index contributed by atoms with van der Waals surface area (Å²) in [5.74, 6) is -32.5. The van der Waals surface area contributed by atoms with Gasteiger partial charge in [-0.05, 0) is 72.8 Å². The third kappa shape index (κ3) is 6.30. The van der Waals surface area contributed by atoms with Gasteiger partial charge >= 0.3 is 35.1 Å². The Hall–Kier alpha value is -4.68. The maximum Gasteiger partial charge on any atom is 0.460 e. The lowest BCUT2D eigenvalue weighted by Gasteiger charge is -2.39. The number of azo groups is 1. The Morgan fingerprint density at radius 2 is 0.776 bits per heavy atom. The first-order valence-electron chi connectivity index (χ1n) is 13.2. The van der Waals surface area contributed by atoms with Crippen LogP contribution in [0, 0.1) is 0 Å². The number of para-hydroxylation sites is 2. The summed E-state index contributed by atoms with van der Waals surface area (Å²) in [7, 11) is -7.16. The summed E-state index contributed by atoms with van der Waals surface area (Å²) in [6, 6.07) is 25.9. The smallest absolute Gasteiger partial charge is 0.311 e. The van der Waals surface area contributed by atoms with Crippen LogP contribution in [0.4, 0.5) is 85.5 Å². The molecule has 0 atom stereocenters. The fourth-order valence-corrected chi connectivity index (χ4v) is 5.41. The summed E-state index contributed by atoms with van der Waals surface area (Å²) >= 11 is 0. The van der Waals surface area contributed by atoms with Crippen LogP contribution in [0.1, 0.15) is 0 Å². The van der Waals surface area contributed by atoms with E-state index in [-0.39, 0.29) is 23.5 Å². The van der Waals surface area contributed by atoms with Gasteiger partial charge in [0.15, 0.2) is 0 Å². The SMILES string of the molecule is O=S(=O)(c1ccc(N=Nc2ccc(N(c3ccccc3)c3ccccc3)cc2)cc1)C(F)(F)C(F)(F)C(F)(F)C(F)(F)C(F)(F)C(F)(F)F. The minimum Gasteiger partial charge on any atom is -0.311 e. The third-order valence-electron chi connectivity index (χ3n) is 6.81. The van der Waals surface area contributed by atoms with Gasteiger partial charge in [-0.2, -0.15) is 67.3 Å². The molecule has 0 aromatic heterocycles. The number of rotatable bonds is 11. The molecule has 4 rings (SSSR count). The zero-order chi connectivity index (χ0) is 36.7. The molecule has 49 heavy (non-hydrogen) atoms. The molecule has 0 saturated heterocycles. The summed E-state index contributed by atoms with van der Waals surface area (Å²) < 4.78 is 199. The highest BCUT2D eigenvalue weighted by Crippen LogP contribution is 2.61. The lowest BCUT2D eigenvalue weighted by Crippen LogP contribution is -2.71. The van der Waals surface area contributed by atoms with Gasteiger partial charge in [-0.15, -0.1) is 0 Å². The van der Waals surface area contributed by atoms with Crippen LogP contribution in [0.5, 0.6) is 0 Å². The van der Waals surface area contributed by atoms with Crippen molar-refractivity contribution < 1.29 is 65.5 Å². The minimum absolute atomic E-state index is 0.0922. The van der Waals surface area contributed by atoms with Crippen LogP contribution in [-0.2, 0) is 9.84 Å². The molecule has 0 heterocycles. The highest BCUT2D eigenvalue weighted by Gasteiger charge is 2.92. The maximum atomic E-state index is 14.4. The van der Waals surface area contributed by atoms with Gasteiger partial charge in [0.25, 0.3) is 0 Å². The zero-order valence-corrected chi connectivity index (χ0v) is 24.7. The lowest BCUT2D eigenvalue weighted by molar-refractivity contribution is -0.433. The summed E-state index contributed by atoms with van der Waals surface area (Å²) in [4.78, 5) is -0.0257. The van der Waals surface area contributed by atoms with Crippen molar-refractivity contribution >= 4 is 38.3 Å². The molecule has 0 aliphatic carbocycles. The quantitative estimate of drug-likeness (QED) is 0.114. The molecule has 0 aliphatic heterocycles. The second kappa shape index (κ2) is 12.6. The number of benzene rings is 4. The van der Waals surface area contributed by atoms with Crippen molar-refractivity contribution in [3.63, 3.8) is 0 Å².